The summed E-state index contributed by atoms with van der Waals surface area (Å²) in [5, 5.41) is 3.14. The maximum Gasteiger partial charge on any atom is 0.251 e. The van der Waals surface area contributed by atoms with Crippen LogP contribution in [-0.4, -0.2) is 36.4 Å². The molecule has 6 heteroatoms. The predicted molar refractivity (Wildman–Crippen MR) is 81.1 cm³/mol. The SMILES string of the molecule is CCCOc1cc(N)cc(NC2CCC(=O)N(C)C2=O)c1. The predicted octanol–water partition coefficient (Wildman–Crippen LogP) is 1.62. The quantitative estimate of drug-likeness (QED) is 0.636. The molecular formula is C15H21N3O3. The maximum atomic E-state index is 12.1. The van der Waals surface area contributed by atoms with E-state index >= 15 is 0 Å². The monoisotopic (exact) mass is 291 g/mol. The van der Waals surface area contributed by atoms with Crippen molar-refractivity contribution >= 4 is 23.2 Å². The lowest BCUT2D eigenvalue weighted by molar-refractivity contribution is -0.146. The molecular weight excluding hydrogens is 270 g/mol. The molecule has 0 aromatic heterocycles. The number of carbonyl (C=O) groups is 2. The van der Waals surface area contributed by atoms with Crippen LogP contribution in [0.1, 0.15) is 26.2 Å². The summed E-state index contributed by atoms with van der Waals surface area (Å²) in [5.74, 6) is 0.314. The van der Waals surface area contributed by atoms with Gasteiger partial charge in [-0.25, -0.2) is 0 Å². The Hall–Kier alpha value is -2.24. The van der Waals surface area contributed by atoms with Gasteiger partial charge >= 0.3 is 0 Å². The molecule has 0 aliphatic carbocycles. The third-order valence-corrected chi connectivity index (χ3v) is 3.39. The van der Waals surface area contributed by atoms with Crippen LogP contribution in [0.5, 0.6) is 5.75 Å². The number of carbonyl (C=O) groups excluding carboxylic acids is 2. The molecule has 0 saturated carbocycles. The lowest BCUT2D eigenvalue weighted by Crippen LogP contribution is -2.48. The second-order valence-corrected chi connectivity index (χ2v) is 5.17. The number of piperidine rings is 1. The Bertz CT molecular complexity index is 545. The minimum Gasteiger partial charge on any atom is -0.493 e. The Morgan fingerprint density at radius 3 is 2.86 bits per heavy atom. The molecule has 1 aliphatic heterocycles. The van der Waals surface area contributed by atoms with E-state index in [1.165, 1.54) is 11.9 Å². The van der Waals surface area contributed by atoms with Crippen LogP contribution in [0, 0.1) is 0 Å². The fourth-order valence-corrected chi connectivity index (χ4v) is 2.26. The first kappa shape index (κ1) is 15.2. The van der Waals surface area contributed by atoms with Crippen molar-refractivity contribution in [3.05, 3.63) is 18.2 Å². The largest absolute Gasteiger partial charge is 0.493 e. The topological polar surface area (TPSA) is 84.7 Å². The van der Waals surface area contributed by atoms with Crippen LogP contribution in [0.15, 0.2) is 18.2 Å². The summed E-state index contributed by atoms with van der Waals surface area (Å²) in [6.07, 6.45) is 1.76. The average Bonchev–Trinajstić information content (AvgIpc) is 2.45. The number of imide groups is 1. The zero-order valence-corrected chi connectivity index (χ0v) is 12.4. The van der Waals surface area contributed by atoms with E-state index in [-0.39, 0.29) is 11.8 Å². The highest BCUT2D eigenvalue weighted by molar-refractivity contribution is 6.01. The van der Waals surface area contributed by atoms with Crippen molar-refractivity contribution in [3.63, 3.8) is 0 Å². The zero-order chi connectivity index (χ0) is 15.4. The molecule has 0 spiro atoms. The van der Waals surface area contributed by atoms with Crippen LogP contribution in [0.3, 0.4) is 0 Å². The number of nitrogens with one attached hydrogen (secondary N) is 1. The van der Waals surface area contributed by atoms with Gasteiger partial charge in [-0.15, -0.1) is 0 Å². The standard InChI is InChI=1S/C15H21N3O3/c1-3-6-21-12-8-10(16)7-11(9-12)17-13-4-5-14(19)18(2)15(13)20/h7-9,13,17H,3-6,16H2,1-2H3. The van der Waals surface area contributed by atoms with E-state index in [0.29, 0.717) is 30.9 Å². The van der Waals surface area contributed by atoms with Gasteiger partial charge in [0.2, 0.25) is 5.91 Å². The van der Waals surface area contributed by atoms with Crippen molar-refractivity contribution in [3.8, 4) is 5.75 Å². The van der Waals surface area contributed by atoms with Crippen molar-refractivity contribution in [2.75, 3.05) is 24.7 Å². The van der Waals surface area contributed by atoms with Crippen LogP contribution in [0.2, 0.25) is 0 Å². The van der Waals surface area contributed by atoms with Gasteiger partial charge in [0.25, 0.3) is 5.91 Å². The first-order chi connectivity index (χ1) is 10.0. The van der Waals surface area contributed by atoms with Crippen LogP contribution in [-0.2, 0) is 9.59 Å². The first-order valence-corrected chi connectivity index (χ1v) is 7.11. The Balaban J connectivity index is 2.10. The number of likely N-dealkylation sites (N-methyl/N-ethyl adjacent to an activating group) is 1. The van der Waals surface area contributed by atoms with Crippen molar-refractivity contribution in [1.29, 1.82) is 0 Å². The highest BCUT2D eigenvalue weighted by Crippen LogP contribution is 2.25. The summed E-state index contributed by atoms with van der Waals surface area (Å²) >= 11 is 0. The summed E-state index contributed by atoms with van der Waals surface area (Å²) in [5.41, 5.74) is 7.14. The summed E-state index contributed by atoms with van der Waals surface area (Å²) < 4.78 is 5.56. The number of nitrogens with zero attached hydrogens (tertiary/aromatic N) is 1. The molecule has 1 aliphatic rings. The fourth-order valence-electron chi connectivity index (χ4n) is 2.26. The second-order valence-electron chi connectivity index (χ2n) is 5.17. The van der Waals surface area contributed by atoms with E-state index in [1.54, 1.807) is 12.1 Å². The zero-order valence-electron chi connectivity index (χ0n) is 12.4. The van der Waals surface area contributed by atoms with Gasteiger partial charge in [-0.3, -0.25) is 14.5 Å². The van der Waals surface area contributed by atoms with Crippen molar-refractivity contribution in [2.45, 2.75) is 32.2 Å². The minimum atomic E-state index is -0.409. The first-order valence-electron chi connectivity index (χ1n) is 7.11. The van der Waals surface area contributed by atoms with E-state index in [4.69, 9.17) is 10.5 Å². The lowest BCUT2D eigenvalue weighted by Gasteiger charge is -2.29. The van der Waals surface area contributed by atoms with Gasteiger partial charge in [-0.2, -0.15) is 0 Å². The number of nitrogens with two attached hydrogens (primary N) is 1. The third kappa shape index (κ3) is 3.65. The molecule has 0 bridgehead atoms. The third-order valence-electron chi connectivity index (χ3n) is 3.39. The number of benzene rings is 1. The van der Waals surface area contributed by atoms with E-state index in [9.17, 15) is 9.59 Å². The van der Waals surface area contributed by atoms with Gasteiger partial charge in [-0.1, -0.05) is 6.92 Å². The van der Waals surface area contributed by atoms with E-state index < -0.39 is 6.04 Å². The van der Waals surface area contributed by atoms with Gasteiger partial charge in [0.05, 0.1) is 6.61 Å². The Morgan fingerprint density at radius 2 is 2.14 bits per heavy atom. The van der Waals surface area contributed by atoms with E-state index in [2.05, 4.69) is 5.32 Å². The minimum absolute atomic E-state index is 0.141. The molecule has 21 heavy (non-hydrogen) atoms. The van der Waals surface area contributed by atoms with Crippen molar-refractivity contribution in [2.24, 2.45) is 0 Å². The number of hydrogen-bond donors (Lipinski definition) is 2. The summed E-state index contributed by atoms with van der Waals surface area (Å²) in [6.45, 7) is 2.64. The van der Waals surface area contributed by atoms with Gasteiger partial charge in [0.1, 0.15) is 11.8 Å². The molecule has 1 atom stereocenters. The number of nitrogen functional groups attached to an aromatic ring is 1. The molecule has 1 saturated heterocycles. The number of anilines is 2. The Labute approximate surface area is 124 Å². The molecule has 6 nitrogen and oxygen atoms in total. The van der Waals surface area contributed by atoms with E-state index in [1.807, 2.05) is 13.0 Å². The molecule has 2 amide bonds. The van der Waals surface area contributed by atoms with Gasteiger partial charge in [0.15, 0.2) is 0 Å². The summed E-state index contributed by atoms with van der Waals surface area (Å²) in [6, 6.07) is 4.91. The number of hydrogen-bond acceptors (Lipinski definition) is 5. The maximum absolute atomic E-state index is 12.1. The molecule has 1 fully saturated rings. The molecule has 1 aromatic rings. The fraction of sp³-hybridized carbons (Fsp3) is 0.467. The normalized spacial score (nSPS) is 18.8. The van der Waals surface area contributed by atoms with Crippen molar-refractivity contribution < 1.29 is 14.3 Å². The Kier molecular flexibility index (Phi) is 4.67. The molecule has 114 valence electrons. The molecule has 1 aromatic carbocycles. The average molecular weight is 291 g/mol. The molecule has 3 N–H and O–H groups in total. The van der Waals surface area contributed by atoms with Crippen LogP contribution in [0.25, 0.3) is 0 Å². The van der Waals surface area contributed by atoms with Gasteiger partial charge in [-0.05, 0) is 18.9 Å². The second kappa shape index (κ2) is 6.47. The Morgan fingerprint density at radius 1 is 1.38 bits per heavy atom. The number of rotatable bonds is 5. The van der Waals surface area contributed by atoms with Gasteiger partial charge in [0, 0.05) is 37.0 Å². The number of ether oxygens (including phenoxy) is 1. The summed E-state index contributed by atoms with van der Waals surface area (Å²) in [4.78, 5) is 24.7. The van der Waals surface area contributed by atoms with Crippen LogP contribution >= 0.6 is 0 Å². The summed E-state index contributed by atoms with van der Waals surface area (Å²) in [7, 11) is 1.51. The molecule has 1 unspecified atom stereocenters. The molecule has 1 heterocycles. The van der Waals surface area contributed by atoms with E-state index in [0.717, 1.165) is 12.1 Å². The van der Waals surface area contributed by atoms with Crippen molar-refractivity contribution in [1.82, 2.24) is 4.90 Å². The smallest absolute Gasteiger partial charge is 0.251 e. The molecule has 0 radical (unpaired) electrons. The van der Waals surface area contributed by atoms with Gasteiger partial charge < -0.3 is 15.8 Å². The highest BCUT2D eigenvalue weighted by Gasteiger charge is 2.31. The number of amides is 2. The van der Waals surface area contributed by atoms with Crippen LogP contribution in [0.4, 0.5) is 11.4 Å². The molecule has 2 rings (SSSR count). The highest BCUT2D eigenvalue weighted by atomic mass is 16.5. The van der Waals surface area contributed by atoms with Crippen LogP contribution < -0.4 is 15.8 Å². The lowest BCUT2D eigenvalue weighted by atomic mass is 10.0. The number of likely N-dealkylation sites (tertiary alicyclic amines) is 1.